The molecule has 0 unspecified atom stereocenters. The number of piperazine rings is 1. The number of esters is 1. The molecule has 1 aliphatic heterocycles. The molecular formula is C27H30BrClN2O2. The standard InChI is InChI=1S/C25H24BrClN2O2.C2H6/c1-31-25(30)19-4-9-23(10-5-19)29-14-12-28(13-15-29)17-20-16-21(26)6-11-24(20)18-2-7-22(27)8-3-18;1-2/h2-11,16H,12-15,17H2,1H3;1-2H3. The van der Waals surface area contributed by atoms with Gasteiger partial charge in [-0.15, -0.1) is 0 Å². The Morgan fingerprint density at radius 3 is 2.18 bits per heavy atom. The number of ether oxygens (including phenoxy) is 1. The van der Waals surface area contributed by atoms with Gasteiger partial charge in [0.15, 0.2) is 0 Å². The highest BCUT2D eigenvalue weighted by molar-refractivity contribution is 9.10. The summed E-state index contributed by atoms with van der Waals surface area (Å²) in [4.78, 5) is 16.5. The third-order valence-electron chi connectivity index (χ3n) is 5.64. The van der Waals surface area contributed by atoms with Crippen LogP contribution in [0.3, 0.4) is 0 Å². The lowest BCUT2D eigenvalue weighted by Crippen LogP contribution is -2.46. The first-order chi connectivity index (χ1) is 16.0. The predicted molar refractivity (Wildman–Crippen MR) is 141 cm³/mol. The Labute approximate surface area is 210 Å². The summed E-state index contributed by atoms with van der Waals surface area (Å²) in [5.41, 5.74) is 5.43. The van der Waals surface area contributed by atoms with Gasteiger partial charge in [-0.3, -0.25) is 4.90 Å². The van der Waals surface area contributed by atoms with Gasteiger partial charge >= 0.3 is 5.97 Å². The Kier molecular flexibility index (Phi) is 9.36. The molecule has 174 valence electrons. The van der Waals surface area contributed by atoms with E-state index in [-0.39, 0.29) is 5.97 Å². The van der Waals surface area contributed by atoms with Gasteiger partial charge in [-0.25, -0.2) is 4.79 Å². The summed E-state index contributed by atoms with van der Waals surface area (Å²) in [7, 11) is 1.40. The van der Waals surface area contributed by atoms with Crippen molar-refractivity contribution < 1.29 is 9.53 Å². The average molecular weight is 530 g/mol. The van der Waals surface area contributed by atoms with Gasteiger partial charge in [0.2, 0.25) is 0 Å². The molecule has 0 spiro atoms. The van der Waals surface area contributed by atoms with Crippen LogP contribution in [0.2, 0.25) is 5.02 Å². The van der Waals surface area contributed by atoms with Crippen molar-refractivity contribution in [2.75, 3.05) is 38.2 Å². The van der Waals surface area contributed by atoms with Crippen LogP contribution in [0.4, 0.5) is 5.69 Å². The molecule has 1 saturated heterocycles. The molecular weight excluding hydrogens is 500 g/mol. The fraction of sp³-hybridized carbons (Fsp3) is 0.296. The molecule has 0 saturated carbocycles. The number of rotatable bonds is 5. The van der Waals surface area contributed by atoms with Crippen molar-refractivity contribution >= 4 is 39.2 Å². The van der Waals surface area contributed by atoms with Gasteiger partial charge in [0, 0.05) is 47.9 Å². The first kappa shape index (κ1) is 25.3. The van der Waals surface area contributed by atoms with Crippen molar-refractivity contribution in [3.8, 4) is 11.1 Å². The molecule has 0 N–H and O–H groups in total. The monoisotopic (exact) mass is 528 g/mol. The molecule has 3 aromatic carbocycles. The molecule has 0 radical (unpaired) electrons. The molecule has 1 fully saturated rings. The lowest BCUT2D eigenvalue weighted by atomic mass is 9.99. The van der Waals surface area contributed by atoms with Crippen LogP contribution in [0, 0.1) is 0 Å². The summed E-state index contributed by atoms with van der Waals surface area (Å²) >= 11 is 9.70. The summed E-state index contributed by atoms with van der Waals surface area (Å²) < 4.78 is 5.87. The summed E-state index contributed by atoms with van der Waals surface area (Å²) in [5.74, 6) is -0.304. The van der Waals surface area contributed by atoms with Gasteiger partial charge in [-0.1, -0.05) is 59.6 Å². The van der Waals surface area contributed by atoms with E-state index in [4.69, 9.17) is 16.3 Å². The van der Waals surface area contributed by atoms with Crippen molar-refractivity contribution in [1.29, 1.82) is 0 Å². The normalized spacial score (nSPS) is 13.8. The van der Waals surface area contributed by atoms with Crippen LogP contribution >= 0.6 is 27.5 Å². The van der Waals surface area contributed by atoms with Gasteiger partial charge < -0.3 is 9.64 Å². The molecule has 4 nitrogen and oxygen atoms in total. The molecule has 0 amide bonds. The first-order valence-corrected chi connectivity index (χ1v) is 12.4. The Morgan fingerprint density at radius 2 is 1.58 bits per heavy atom. The maximum absolute atomic E-state index is 11.6. The number of hydrogen-bond donors (Lipinski definition) is 0. The molecule has 6 heteroatoms. The fourth-order valence-electron chi connectivity index (χ4n) is 3.94. The highest BCUT2D eigenvalue weighted by atomic mass is 79.9. The van der Waals surface area contributed by atoms with E-state index in [9.17, 15) is 4.79 Å². The highest BCUT2D eigenvalue weighted by Gasteiger charge is 2.19. The van der Waals surface area contributed by atoms with Crippen molar-refractivity contribution in [3.05, 3.63) is 87.4 Å². The third kappa shape index (κ3) is 6.59. The Morgan fingerprint density at radius 1 is 0.939 bits per heavy atom. The van der Waals surface area contributed by atoms with Crippen molar-refractivity contribution in [2.24, 2.45) is 0 Å². The largest absolute Gasteiger partial charge is 0.465 e. The Bertz CT molecular complexity index is 1050. The van der Waals surface area contributed by atoms with Crippen LogP contribution in [-0.4, -0.2) is 44.2 Å². The lowest BCUT2D eigenvalue weighted by molar-refractivity contribution is 0.0600. The van der Waals surface area contributed by atoms with E-state index in [1.165, 1.54) is 23.8 Å². The molecule has 0 aromatic heterocycles. The third-order valence-corrected chi connectivity index (χ3v) is 6.39. The lowest BCUT2D eigenvalue weighted by Gasteiger charge is -2.36. The molecule has 4 rings (SSSR count). The Balaban J connectivity index is 0.00000149. The number of anilines is 1. The number of benzene rings is 3. The second-order valence-electron chi connectivity index (χ2n) is 7.61. The van der Waals surface area contributed by atoms with Crippen LogP contribution in [-0.2, 0) is 11.3 Å². The summed E-state index contributed by atoms with van der Waals surface area (Å²) in [6.45, 7) is 8.74. The van der Waals surface area contributed by atoms with Crippen LogP contribution in [0.25, 0.3) is 11.1 Å². The minimum absolute atomic E-state index is 0.304. The SMILES string of the molecule is CC.COC(=O)c1ccc(N2CCN(Cc3cc(Br)ccc3-c3ccc(Cl)cc3)CC2)cc1. The predicted octanol–water partition coefficient (Wildman–Crippen LogP) is 6.90. The topological polar surface area (TPSA) is 32.8 Å². The molecule has 0 aliphatic carbocycles. The Hall–Kier alpha value is -2.34. The maximum atomic E-state index is 11.6. The maximum Gasteiger partial charge on any atom is 0.337 e. The quantitative estimate of drug-likeness (QED) is 0.336. The van der Waals surface area contributed by atoms with E-state index in [2.05, 4.69) is 56.1 Å². The number of halogens is 2. The zero-order valence-corrected chi connectivity index (χ0v) is 21.7. The van der Waals surface area contributed by atoms with Crippen LogP contribution in [0.1, 0.15) is 29.8 Å². The van der Waals surface area contributed by atoms with E-state index in [0.29, 0.717) is 5.56 Å². The van der Waals surface area contributed by atoms with E-state index < -0.39 is 0 Å². The van der Waals surface area contributed by atoms with Crippen LogP contribution in [0.15, 0.2) is 71.2 Å². The van der Waals surface area contributed by atoms with Crippen LogP contribution in [0.5, 0.6) is 0 Å². The minimum Gasteiger partial charge on any atom is -0.465 e. The minimum atomic E-state index is -0.304. The number of carbonyl (C=O) groups is 1. The van der Waals surface area contributed by atoms with E-state index in [0.717, 1.165) is 47.9 Å². The average Bonchev–Trinajstić information content (AvgIpc) is 2.86. The van der Waals surface area contributed by atoms with E-state index in [1.54, 1.807) is 0 Å². The van der Waals surface area contributed by atoms with Crippen molar-refractivity contribution in [2.45, 2.75) is 20.4 Å². The fourth-order valence-corrected chi connectivity index (χ4v) is 4.47. The molecule has 33 heavy (non-hydrogen) atoms. The summed E-state index contributed by atoms with van der Waals surface area (Å²) in [6, 6.07) is 22.1. The van der Waals surface area contributed by atoms with Gasteiger partial charge in [0.05, 0.1) is 12.7 Å². The van der Waals surface area contributed by atoms with Gasteiger partial charge in [0.1, 0.15) is 0 Å². The number of methoxy groups -OCH3 is 1. The first-order valence-electron chi connectivity index (χ1n) is 11.2. The highest BCUT2D eigenvalue weighted by Crippen LogP contribution is 2.29. The number of hydrogen-bond acceptors (Lipinski definition) is 4. The van der Waals surface area contributed by atoms with E-state index in [1.807, 2.05) is 50.2 Å². The second kappa shape index (κ2) is 12.2. The molecule has 1 heterocycles. The zero-order valence-electron chi connectivity index (χ0n) is 19.4. The van der Waals surface area contributed by atoms with E-state index >= 15 is 0 Å². The number of nitrogens with zero attached hydrogens (tertiary/aromatic N) is 2. The van der Waals surface area contributed by atoms with Crippen molar-refractivity contribution in [3.63, 3.8) is 0 Å². The molecule has 0 atom stereocenters. The van der Waals surface area contributed by atoms with Crippen LogP contribution < -0.4 is 4.90 Å². The van der Waals surface area contributed by atoms with Crippen molar-refractivity contribution in [1.82, 2.24) is 4.90 Å². The molecule has 3 aromatic rings. The summed E-state index contributed by atoms with van der Waals surface area (Å²) in [5, 5.41) is 0.748. The smallest absolute Gasteiger partial charge is 0.337 e. The second-order valence-corrected chi connectivity index (χ2v) is 8.96. The van der Waals surface area contributed by atoms with Gasteiger partial charge in [-0.2, -0.15) is 0 Å². The molecule has 0 bridgehead atoms. The van der Waals surface area contributed by atoms with Gasteiger partial charge in [-0.05, 0) is 65.2 Å². The number of carbonyl (C=O) groups excluding carboxylic acids is 1. The molecule has 1 aliphatic rings. The zero-order chi connectivity index (χ0) is 23.8. The summed E-state index contributed by atoms with van der Waals surface area (Å²) in [6.07, 6.45) is 0. The van der Waals surface area contributed by atoms with Gasteiger partial charge in [0.25, 0.3) is 0 Å².